The van der Waals surface area contributed by atoms with E-state index in [2.05, 4.69) is 37.2 Å². The number of benzene rings is 1. The molecule has 1 aromatic carbocycles. The molecule has 174 valence electrons. The molecular weight excluding hydrogens is 432 g/mol. The number of carboxylic acid groups (broad SMARTS) is 1. The zero-order valence-electron chi connectivity index (χ0n) is 18.7. The van der Waals surface area contributed by atoms with Gasteiger partial charge in [0.15, 0.2) is 0 Å². The number of aromatic amines is 1. The van der Waals surface area contributed by atoms with E-state index in [-0.39, 0.29) is 0 Å². The third-order valence-electron chi connectivity index (χ3n) is 6.75. The van der Waals surface area contributed by atoms with E-state index in [0.29, 0.717) is 25.6 Å². The van der Waals surface area contributed by atoms with Crippen LogP contribution in [0.4, 0.5) is 10.5 Å². The predicted molar refractivity (Wildman–Crippen MR) is 127 cm³/mol. The molecular formula is C24H26N8O2. The van der Waals surface area contributed by atoms with E-state index in [1.165, 1.54) is 16.9 Å². The number of rotatable bonds is 7. The van der Waals surface area contributed by atoms with Gasteiger partial charge >= 0.3 is 6.09 Å². The van der Waals surface area contributed by atoms with Crippen LogP contribution in [0.2, 0.25) is 0 Å². The monoisotopic (exact) mass is 458 g/mol. The van der Waals surface area contributed by atoms with Gasteiger partial charge in [-0.05, 0) is 37.0 Å². The molecule has 1 aliphatic heterocycles. The lowest BCUT2D eigenvalue weighted by Gasteiger charge is -2.30. The second-order valence-electron chi connectivity index (χ2n) is 9.13. The first kappa shape index (κ1) is 20.7. The van der Waals surface area contributed by atoms with Crippen LogP contribution < -0.4 is 10.9 Å². The van der Waals surface area contributed by atoms with E-state index in [4.69, 9.17) is 0 Å². The molecule has 2 aliphatic rings. The fourth-order valence-corrected chi connectivity index (χ4v) is 4.73. The SMILES string of the molecule is O=C(O)N(Cc1cc2cnc(Cn3cc(-c4cccc5c4CNN5)nn3)cc2[nH]1)CC1CCC1. The Kier molecular flexibility index (Phi) is 5.14. The molecule has 0 atom stereocenters. The zero-order chi connectivity index (χ0) is 23.1. The van der Waals surface area contributed by atoms with Crippen molar-refractivity contribution in [1.29, 1.82) is 0 Å². The number of carbonyl (C=O) groups is 1. The Morgan fingerprint density at radius 1 is 1.26 bits per heavy atom. The molecule has 0 spiro atoms. The first-order valence-corrected chi connectivity index (χ1v) is 11.6. The van der Waals surface area contributed by atoms with Crippen molar-refractivity contribution in [3.63, 3.8) is 0 Å². The van der Waals surface area contributed by atoms with Gasteiger partial charge in [0.1, 0.15) is 5.69 Å². The van der Waals surface area contributed by atoms with E-state index in [1.807, 2.05) is 36.7 Å². The number of pyridine rings is 1. The lowest BCUT2D eigenvalue weighted by atomic mass is 9.85. The number of amides is 1. The van der Waals surface area contributed by atoms with Crippen LogP contribution in [0.5, 0.6) is 0 Å². The van der Waals surface area contributed by atoms with Crippen LogP contribution in [0.3, 0.4) is 0 Å². The number of H-pyrrole nitrogens is 1. The van der Waals surface area contributed by atoms with Crippen LogP contribution in [0.1, 0.15) is 36.2 Å². The summed E-state index contributed by atoms with van der Waals surface area (Å²) in [6, 6.07) is 10.1. The molecule has 3 aromatic heterocycles. The smallest absolute Gasteiger partial charge is 0.407 e. The molecule has 4 heterocycles. The minimum Gasteiger partial charge on any atom is -0.465 e. The molecule has 34 heavy (non-hydrogen) atoms. The molecule has 0 bridgehead atoms. The summed E-state index contributed by atoms with van der Waals surface area (Å²) in [6.45, 7) is 2.18. The van der Waals surface area contributed by atoms with E-state index in [0.717, 1.165) is 58.6 Å². The van der Waals surface area contributed by atoms with E-state index in [9.17, 15) is 9.90 Å². The molecule has 6 rings (SSSR count). The number of nitrogens with zero attached hydrogens (tertiary/aromatic N) is 5. The molecule has 10 nitrogen and oxygen atoms in total. The minimum absolute atomic E-state index is 0.355. The van der Waals surface area contributed by atoms with Crippen LogP contribution in [0.25, 0.3) is 22.2 Å². The summed E-state index contributed by atoms with van der Waals surface area (Å²) >= 11 is 0. The van der Waals surface area contributed by atoms with Crippen molar-refractivity contribution < 1.29 is 9.90 Å². The molecule has 1 fully saturated rings. The fraction of sp³-hybridized carbons (Fsp3) is 0.333. The predicted octanol–water partition coefficient (Wildman–Crippen LogP) is 3.58. The molecule has 4 N–H and O–H groups in total. The van der Waals surface area contributed by atoms with Gasteiger partial charge in [-0.3, -0.25) is 4.98 Å². The maximum absolute atomic E-state index is 11.7. The van der Waals surface area contributed by atoms with Gasteiger partial charge in [-0.1, -0.05) is 23.8 Å². The maximum Gasteiger partial charge on any atom is 0.407 e. The second-order valence-corrected chi connectivity index (χ2v) is 9.13. The molecule has 4 aromatic rings. The van der Waals surface area contributed by atoms with Crippen LogP contribution >= 0.6 is 0 Å². The van der Waals surface area contributed by atoms with Gasteiger partial charge in [-0.15, -0.1) is 5.10 Å². The topological polar surface area (TPSA) is 124 Å². The number of hydrogen-bond donors (Lipinski definition) is 4. The van der Waals surface area contributed by atoms with E-state index in [1.54, 1.807) is 4.68 Å². The van der Waals surface area contributed by atoms with Gasteiger partial charge < -0.3 is 20.4 Å². The Morgan fingerprint density at radius 2 is 2.18 bits per heavy atom. The van der Waals surface area contributed by atoms with Gasteiger partial charge in [0, 0.05) is 47.0 Å². The minimum atomic E-state index is -0.873. The Labute approximate surface area is 196 Å². The lowest BCUT2D eigenvalue weighted by Crippen LogP contribution is -2.36. The normalized spacial score (nSPS) is 15.2. The van der Waals surface area contributed by atoms with Crippen molar-refractivity contribution in [2.75, 3.05) is 12.0 Å². The maximum atomic E-state index is 11.7. The Morgan fingerprint density at radius 3 is 3.00 bits per heavy atom. The van der Waals surface area contributed by atoms with Crippen LogP contribution in [0, 0.1) is 5.92 Å². The van der Waals surface area contributed by atoms with Crippen LogP contribution in [-0.2, 0) is 19.6 Å². The Hall–Kier alpha value is -3.92. The summed E-state index contributed by atoms with van der Waals surface area (Å²) in [7, 11) is 0. The van der Waals surface area contributed by atoms with Crippen molar-refractivity contribution >= 4 is 22.7 Å². The molecule has 1 saturated carbocycles. The zero-order valence-corrected chi connectivity index (χ0v) is 18.7. The summed E-state index contributed by atoms with van der Waals surface area (Å²) in [6.07, 6.45) is 6.32. The van der Waals surface area contributed by atoms with Crippen molar-refractivity contribution in [2.24, 2.45) is 5.92 Å². The molecule has 1 aliphatic carbocycles. The number of hydrazine groups is 1. The summed E-state index contributed by atoms with van der Waals surface area (Å²) in [5, 5.41) is 19.2. The van der Waals surface area contributed by atoms with Crippen molar-refractivity contribution in [1.82, 2.24) is 35.3 Å². The standard InChI is InChI=1S/C24H26N8O2/c33-24(34)31(11-15-3-1-4-15)12-18-7-16-9-25-17(8-22(16)27-18)13-32-14-23(29-30-32)19-5-2-6-21-20(19)10-26-28-21/h2,5-9,14-15,26-28H,1,3-4,10-13H2,(H,33,34). The quantitative estimate of drug-likeness (QED) is 0.334. The molecule has 0 unspecified atom stereocenters. The van der Waals surface area contributed by atoms with Crippen LogP contribution in [0.15, 0.2) is 42.7 Å². The largest absolute Gasteiger partial charge is 0.465 e. The summed E-state index contributed by atoms with van der Waals surface area (Å²) in [5.74, 6) is 0.491. The van der Waals surface area contributed by atoms with Crippen molar-refractivity contribution in [3.05, 3.63) is 59.7 Å². The van der Waals surface area contributed by atoms with Crippen molar-refractivity contribution in [3.8, 4) is 11.3 Å². The number of nitrogens with one attached hydrogen (secondary N) is 3. The Balaban J connectivity index is 1.18. The first-order chi connectivity index (χ1) is 16.6. The molecule has 10 heteroatoms. The fourth-order valence-electron chi connectivity index (χ4n) is 4.73. The van der Waals surface area contributed by atoms with Crippen molar-refractivity contribution in [2.45, 2.75) is 38.9 Å². The van der Waals surface area contributed by atoms with Crippen LogP contribution in [-0.4, -0.2) is 47.6 Å². The third-order valence-corrected chi connectivity index (χ3v) is 6.75. The number of fused-ring (bicyclic) bond motifs is 2. The molecule has 0 radical (unpaired) electrons. The highest BCUT2D eigenvalue weighted by Crippen LogP contribution is 2.30. The van der Waals surface area contributed by atoms with Gasteiger partial charge in [0.2, 0.25) is 0 Å². The van der Waals surface area contributed by atoms with Gasteiger partial charge in [0.25, 0.3) is 0 Å². The highest BCUT2D eigenvalue weighted by atomic mass is 16.4. The summed E-state index contributed by atoms with van der Waals surface area (Å²) < 4.78 is 1.79. The number of aromatic nitrogens is 5. The third kappa shape index (κ3) is 3.96. The molecule has 1 amide bonds. The number of anilines is 1. The summed E-state index contributed by atoms with van der Waals surface area (Å²) in [4.78, 5) is 21.2. The van der Waals surface area contributed by atoms with Gasteiger partial charge in [-0.25, -0.2) is 14.9 Å². The van der Waals surface area contributed by atoms with E-state index >= 15 is 0 Å². The average Bonchev–Trinajstić information content (AvgIpc) is 3.53. The molecule has 0 saturated heterocycles. The van der Waals surface area contributed by atoms with Gasteiger partial charge in [-0.2, -0.15) is 0 Å². The van der Waals surface area contributed by atoms with E-state index < -0.39 is 6.09 Å². The van der Waals surface area contributed by atoms with Gasteiger partial charge in [0.05, 0.1) is 30.7 Å². The lowest BCUT2D eigenvalue weighted by molar-refractivity contribution is 0.120. The highest BCUT2D eigenvalue weighted by molar-refractivity contribution is 5.80. The average molecular weight is 459 g/mol. The highest BCUT2D eigenvalue weighted by Gasteiger charge is 2.24. The Bertz CT molecular complexity index is 1360. The second kappa shape index (κ2) is 8.45. The summed E-state index contributed by atoms with van der Waals surface area (Å²) in [5.41, 5.74) is 13.1. The first-order valence-electron chi connectivity index (χ1n) is 11.6. The number of hydrogen-bond acceptors (Lipinski definition) is 6.